The van der Waals surface area contributed by atoms with Crippen LogP contribution in [0.15, 0.2) is 41.3 Å². The second-order valence-corrected chi connectivity index (χ2v) is 3.52. The molecule has 0 N–H and O–H groups in total. The fourth-order valence-electron chi connectivity index (χ4n) is 1.12. The minimum atomic E-state index is -0.288. The molecule has 2 nitrogen and oxygen atoms in total. The van der Waals surface area contributed by atoms with Crippen molar-refractivity contribution in [2.24, 2.45) is 0 Å². The topological polar surface area (TPSA) is 25.8 Å². The normalized spacial score (nSPS) is 10.1. The van der Waals surface area contributed by atoms with Crippen LogP contribution in [-0.4, -0.2) is 9.97 Å². The van der Waals surface area contributed by atoms with Gasteiger partial charge < -0.3 is 0 Å². The lowest BCUT2D eigenvalue weighted by Gasteiger charge is -2.00. The van der Waals surface area contributed by atoms with Gasteiger partial charge in [-0.25, -0.2) is 9.37 Å². The zero-order valence-electron chi connectivity index (χ0n) is 7.11. The van der Waals surface area contributed by atoms with Crippen LogP contribution < -0.4 is 0 Å². The van der Waals surface area contributed by atoms with Crippen molar-refractivity contribution in [1.82, 2.24) is 9.97 Å². The molecule has 0 amide bonds. The lowest BCUT2D eigenvalue weighted by Crippen LogP contribution is -1.88. The van der Waals surface area contributed by atoms with Gasteiger partial charge in [0.1, 0.15) is 10.4 Å². The second-order valence-electron chi connectivity index (χ2n) is 2.70. The highest BCUT2D eigenvalue weighted by Gasteiger charge is 2.04. The lowest BCUT2D eigenvalue weighted by atomic mass is 10.1. The summed E-state index contributed by atoms with van der Waals surface area (Å²) in [4.78, 5) is 8.04. The maximum Gasteiger partial charge on any atom is 0.132 e. The van der Waals surface area contributed by atoms with Crippen LogP contribution in [0.4, 0.5) is 4.39 Å². The SMILES string of the molecule is Fc1ccccc1-c1cnc(Br)cn1. The molecule has 0 aliphatic carbocycles. The van der Waals surface area contributed by atoms with Crippen molar-refractivity contribution in [2.45, 2.75) is 0 Å². The average Bonchev–Trinajstić information content (AvgIpc) is 2.20. The van der Waals surface area contributed by atoms with Gasteiger partial charge in [0.05, 0.1) is 18.1 Å². The van der Waals surface area contributed by atoms with E-state index in [-0.39, 0.29) is 5.82 Å². The van der Waals surface area contributed by atoms with Gasteiger partial charge >= 0.3 is 0 Å². The molecule has 70 valence electrons. The van der Waals surface area contributed by atoms with E-state index in [0.717, 1.165) is 0 Å². The van der Waals surface area contributed by atoms with Crippen molar-refractivity contribution in [1.29, 1.82) is 0 Å². The van der Waals surface area contributed by atoms with Gasteiger partial charge in [-0.1, -0.05) is 12.1 Å². The zero-order chi connectivity index (χ0) is 9.97. The number of halogens is 2. The predicted octanol–water partition coefficient (Wildman–Crippen LogP) is 3.05. The largest absolute Gasteiger partial charge is 0.252 e. The monoisotopic (exact) mass is 252 g/mol. The average molecular weight is 253 g/mol. The van der Waals surface area contributed by atoms with E-state index in [1.807, 2.05) is 0 Å². The molecule has 0 aliphatic rings. The number of rotatable bonds is 1. The Balaban J connectivity index is 2.50. The molecule has 0 saturated heterocycles. The zero-order valence-corrected chi connectivity index (χ0v) is 8.70. The molecule has 4 heteroatoms. The molecule has 0 bridgehead atoms. The molecule has 2 aromatic rings. The van der Waals surface area contributed by atoms with Gasteiger partial charge in [0.15, 0.2) is 0 Å². The van der Waals surface area contributed by atoms with Crippen molar-refractivity contribution < 1.29 is 4.39 Å². The Morgan fingerprint density at radius 3 is 2.50 bits per heavy atom. The number of aromatic nitrogens is 2. The van der Waals surface area contributed by atoms with Gasteiger partial charge in [0.25, 0.3) is 0 Å². The molecule has 0 aliphatic heterocycles. The summed E-state index contributed by atoms with van der Waals surface area (Å²) in [5, 5.41) is 0. The summed E-state index contributed by atoms with van der Waals surface area (Å²) in [6.07, 6.45) is 3.07. The Labute approximate surface area is 89.0 Å². The Morgan fingerprint density at radius 2 is 1.86 bits per heavy atom. The first-order valence-corrected chi connectivity index (χ1v) is 4.79. The van der Waals surface area contributed by atoms with Crippen LogP contribution in [-0.2, 0) is 0 Å². The van der Waals surface area contributed by atoms with Crippen molar-refractivity contribution in [3.05, 3.63) is 47.1 Å². The number of hydrogen-bond acceptors (Lipinski definition) is 2. The van der Waals surface area contributed by atoms with Crippen LogP contribution in [0.5, 0.6) is 0 Å². The molecule has 1 aromatic carbocycles. The highest BCUT2D eigenvalue weighted by molar-refractivity contribution is 9.10. The standard InChI is InChI=1S/C10H6BrFN2/c11-10-6-13-9(5-14-10)7-3-1-2-4-8(7)12/h1-6H. The van der Waals surface area contributed by atoms with E-state index < -0.39 is 0 Å². The number of hydrogen-bond donors (Lipinski definition) is 0. The predicted molar refractivity (Wildman–Crippen MR) is 55.1 cm³/mol. The molecule has 0 fully saturated rings. The van der Waals surface area contributed by atoms with Crippen LogP contribution in [0.1, 0.15) is 0 Å². The van der Waals surface area contributed by atoms with Crippen LogP contribution in [0.25, 0.3) is 11.3 Å². The molecule has 2 rings (SSSR count). The molecular formula is C10H6BrFN2. The summed E-state index contributed by atoms with van der Waals surface area (Å²) in [6.45, 7) is 0. The first kappa shape index (κ1) is 9.27. The van der Waals surface area contributed by atoms with Gasteiger partial charge in [-0.15, -0.1) is 0 Å². The number of nitrogens with zero attached hydrogens (tertiary/aromatic N) is 2. The van der Waals surface area contributed by atoms with Gasteiger partial charge in [-0.2, -0.15) is 0 Å². The summed E-state index contributed by atoms with van der Waals surface area (Å²) >= 11 is 3.17. The third kappa shape index (κ3) is 1.80. The van der Waals surface area contributed by atoms with Crippen molar-refractivity contribution in [3.8, 4) is 11.3 Å². The summed E-state index contributed by atoms with van der Waals surface area (Å²) in [7, 11) is 0. The van der Waals surface area contributed by atoms with E-state index in [9.17, 15) is 4.39 Å². The molecule has 0 radical (unpaired) electrons. The fraction of sp³-hybridized carbons (Fsp3) is 0. The summed E-state index contributed by atoms with van der Waals surface area (Å²) in [5.41, 5.74) is 0.999. The first-order chi connectivity index (χ1) is 6.77. The Hall–Kier alpha value is -1.29. The van der Waals surface area contributed by atoms with Crippen molar-refractivity contribution in [3.63, 3.8) is 0 Å². The first-order valence-electron chi connectivity index (χ1n) is 4.00. The molecule has 1 heterocycles. The van der Waals surface area contributed by atoms with Gasteiger partial charge in [0, 0.05) is 5.56 Å². The Morgan fingerprint density at radius 1 is 1.07 bits per heavy atom. The van der Waals surface area contributed by atoms with Crippen molar-refractivity contribution >= 4 is 15.9 Å². The highest BCUT2D eigenvalue weighted by atomic mass is 79.9. The van der Waals surface area contributed by atoms with Crippen LogP contribution in [0.2, 0.25) is 0 Å². The Kier molecular flexibility index (Phi) is 2.54. The molecule has 0 atom stereocenters. The van der Waals surface area contributed by atoms with Gasteiger partial charge in [-0.3, -0.25) is 4.98 Å². The molecule has 0 unspecified atom stereocenters. The quantitative estimate of drug-likeness (QED) is 0.780. The van der Waals surface area contributed by atoms with Gasteiger partial charge in [0.2, 0.25) is 0 Å². The van der Waals surface area contributed by atoms with E-state index >= 15 is 0 Å². The third-order valence-corrected chi connectivity index (χ3v) is 2.18. The molecule has 0 spiro atoms. The summed E-state index contributed by atoms with van der Waals surface area (Å²) in [5.74, 6) is -0.288. The minimum absolute atomic E-state index is 0.288. The molecule has 14 heavy (non-hydrogen) atoms. The highest BCUT2D eigenvalue weighted by Crippen LogP contribution is 2.19. The van der Waals surface area contributed by atoms with Crippen LogP contribution in [0, 0.1) is 5.82 Å². The van der Waals surface area contributed by atoms with Crippen molar-refractivity contribution in [2.75, 3.05) is 0 Å². The maximum absolute atomic E-state index is 13.3. The maximum atomic E-state index is 13.3. The summed E-state index contributed by atoms with van der Waals surface area (Å²) in [6, 6.07) is 6.49. The smallest absolute Gasteiger partial charge is 0.132 e. The minimum Gasteiger partial charge on any atom is -0.252 e. The van der Waals surface area contributed by atoms with E-state index in [4.69, 9.17) is 0 Å². The van der Waals surface area contributed by atoms with E-state index in [1.165, 1.54) is 12.3 Å². The third-order valence-electron chi connectivity index (χ3n) is 1.77. The van der Waals surface area contributed by atoms with E-state index in [2.05, 4.69) is 25.9 Å². The van der Waals surface area contributed by atoms with Crippen LogP contribution in [0.3, 0.4) is 0 Å². The molecule has 0 saturated carbocycles. The lowest BCUT2D eigenvalue weighted by molar-refractivity contribution is 0.630. The van der Waals surface area contributed by atoms with E-state index in [0.29, 0.717) is 15.9 Å². The fourth-order valence-corrected chi connectivity index (χ4v) is 1.33. The number of benzene rings is 1. The summed E-state index contributed by atoms with van der Waals surface area (Å²) < 4.78 is 13.9. The van der Waals surface area contributed by atoms with E-state index in [1.54, 1.807) is 24.4 Å². The second kappa shape index (κ2) is 3.84. The Bertz CT molecular complexity index is 442. The molecular weight excluding hydrogens is 247 g/mol. The van der Waals surface area contributed by atoms with Gasteiger partial charge in [-0.05, 0) is 28.1 Å². The molecule has 1 aromatic heterocycles. The van der Waals surface area contributed by atoms with Crippen LogP contribution >= 0.6 is 15.9 Å².